The van der Waals surface area contributed by atoms with Gasteiger partial charge in [-0.15, -0.1) is 0 Å². The standard InChI is InChI=1S/C12H16N4O3/c1-14-15-12(18)11(13)7-3-4-9-8(5-7)16(2)10(17)6-19-9/h3-5,11,14H,6,13H2,1-2H3,(H,15,18). The van der Waals surface area contributed by atoms with Gasteiger partial charge in [-0.3, -0.25) is 15.0 Å². The molecule has 0 aromatic heterocycles. The number of amides is 2. The van der Waals surface area contributed by atoms with E-state index >= 15 is 0 Å². The van der Waals surface area contributed by atoms with Gasteiger partial charge in [-0.05, 0) is 17.7 Å². The van der Waals surface area contributed by atoms with Crippen LogP contribution in [0.4, 0.5) is 5.69 Å². The van der Waals surface area contributed by atoms with Crippen LogP contribution in [0.2, 0.25) is 0 Å². The molecule has 0 spiro atoms. The topological polar surface area (TPSA) is 96.7 Å². The number of carbonyl (C=O) groups excluding carboxylic acids is 2. The van der Waals surface area contributed by atoms with Crippen LogP contribution in [0.15, 0.2) is 18.2 Å². The molecule has 2 amide bonds. The molecule has 1 atom stereocenters. The van der Waals surface area contributed by atoms with Crippen molar-refractivity contribution in [1.82, 2.24) is 10.9 Å². The molecule has 1 aliphatic heterocycles. The number of carbonyl (C=O) groups is 2. The van der Waals surface area contributed by atoms with Crippen molar-refractivity contribution >= 4 is 17.5 Å². The van der Waals surface area contributed by atoms with E-state index in [4.69, 9.17) is 10.5 Å². The van der Waals surface area contributed by atoms with E-state index in [9.17, 15) is 9.59 Å². The number of likely N-dealkylation sites (N-methyl/N-ethyl adjacent to an activating group) is 1. The second-order valence-electron chi connectivity index (χ2n) is 4.19. The number of benzene rings is 1. The Morgan fingerprint density at radius 3 is 2.95 bits per heavy atom. The number of fused-ring (bicyclic) bond motifs is 1. The van der Waals surface area contributed by atoms with Crippen LogP contribution in [0, 0.1) is 0 Å². The molecule has 7 heteroatoms. The van der Waals surface area contributed by atoms with Crippen LogP contribution in [0.25, 0.3) is 0 Å². The normalized spacial score (nSPS) is 15.5. The number of ether oxygens (including phenoxy) is 1. The van der Waals surface area contributed by atoms with Crippen molar-refractivity contribution in [3.63, 3.8) is 0 Å². The summed E-state index contributed by atoms with van der Waals surface area (Å²) in [6.07, 6.45) is 0. The zero-order valence-corrected chi connectivity index (χ0v) is 10.8. The minimum Gasteiger partial charge on any atom is -0.482 e. The van der Waals surface area contributed by atoms with Crippen LogP contribution < -0.4 is 26.2 Å². The molecule has 1 aliphatic rings. The van der Waals surface area contributed by atoms with Gasteiger partial charge in [0.05, 0.1) is 5.69 Å². The quantitative estimate of drug-likeness (QED) is 0.627. The molecule has 1 unspecified atom stereocenters. The lowest BCUT2D eigenvalue weighted by Crippen LogP contribution is -2.41. The summed E-state index contributed by atoms with van der Waals surface area (Å²) >= 11 is 0. The summed E-state index contributed by atoms with van der Waals surface area (Å²) < 4.78 is 5.30. The minimum atomic E-state index is -0.817. The fourth-order valence-electron chi connectivity index (χ4n) is 1.84. The van der Waals surface area contributed by atoms with Crippen LogP contribution in [0.5, 0.6) is 5.75 Å². The summed E-state index contributed by atoms with van der Waals surface area (Å²) in [7, 11) is 3.24. The highest BCUT2D eigenvalue weighted by atomic mass is 16.5. The average molecular weight is 264 g/mol. The SMILES string of the molecule is CNNC(=O)C(N)c1ccc2c(c1)N(C)C(=O)CO2. The smallest absolute Gasteiger partial charge is 0.264 e. The third-order valence-corrected chi connectivity index (χ3v) is 2.96. The molecule has 0 radical (unpaired) electrons. The molecule has 2 rings (SSSR count). The summed E-state index contributed by atoms with van der Waals surface area (Å²) in [5.41, 5.74) is 12.0. The van der Waals surface area contributed by atoms with Gasteiger partial charge in [0.1, 0.15) is 11.8 Å². The fraction of sp³-hybridized carbons (Fsp3) is 0.333. The third kappa shape index (κ3) is 2.51. The van der Waals surface area contributed by atoms with Crippen molar-refractivity contribution in [3.05, 3.63) is 23.8 Å². The number of nitrogens with one attached hydrogen (secondary N) is 2. The zero-order chi connectivity index (χ0) is 14.0. The lowest BCUT2D eigenvalue weighted by molar-refractivity contribution is -0.123. The van der Waals surface area contributed by atoms with Gasteiger partial charge in [-0.1, -0.05) is 6.07 Å². The predicted molar refractivity (Wildman–Crippen MR) is 69.5 cm³/mol. The molecule has 102 valence electrons. The van der Waals surface area contributed by atoms with E-state index in [1.165, 1.54) is 4.90 Å². The van der Waals surface area contributed by atoms with Gasteiger partial charge in [-0.2, -0.15) is 0 Å². The lowest BCUT2D eigenvalue weighted by Gasteiger charge is -2.27. The van der Waals surface area contributed by atoms with Crippen molar-refractivity contribution < 1.29 is 14.3 Å². The molecule has 4 N–H and O–H groups in total. The number of hydrogen-bond acceptors (Lipinski definition) is 5. The maximum atomic E-state index is 11.6. The molecule has 0 aliphatic carbocycles. The molecule has 19 heavy (non-hydrogen) atoms. The molecule has 0 bridgehead atoms. The molecule has 7 nitrogen and oxygen atoms in total. The van der Waals surface area contributed by atoms with Crippen LogP contribution in [0.3, 0.4) is 0 Å². The Labute approximate surface area is 110 Å². The first-order chi connectivity index (χ1) is 9.04. The van der Waals surface area contributed by atoms with Gasteiger partial charge in [0.25, 0.3) is 11.8 Å². The first-order valence-corrected chi connectivity index (χ1v) is 5.80. The van der Waals surface area contributed by atoms with Crippen molar-refractivity contribution in [3.8, 4) is 5.75 Å². The van der Waals surface area contributed by atoms with E-state index in [2.05, 4.69) is 10.9 Å². The zero-order valence-electron chi connectivity index (χ0n) is 10.8. The summed E-state index contributed by atoms with van der Waals surface area (Å²) in [4.78, 5) is 24.7. The summed E-state index contributed by atoms with van der Waals surface area (Å²) in [5.74, 6) is 0.109. The third-order valence-electron chi connectivity index (χ3n) is 2.96. The van der Waals surface area contributed by atoms with E-state index in [-0.39, 0.29) is 18.4 Å². The number of nitrogens with zero attached hydrogens (tertiary/aromatic N) is 1. The Bertz CT molecular complexity index is 518. The maximum Gasteiger partial charge on any atom is 0.264 e. The van der Waals surface area contributed by atoms with Crippen molar-refractivity contribution in [1.29, 1.82) is 0 Å². The maximum absolute atomic E-state index is 11.6. The highest BCUT2D eigenvalue weighted by Gasteiger charge is 2.24. The fourth-order valence-corrected chi connectivity index (χ4v) is 1.84. The Morgan fingerprint density at radius 1 is 1.53 bits per heavy atom. The molecular formula is C12H16N4O3. The second kappa shape index (κ2) is 5.25. The summed E-state index contributed by atoms with van der Waals surface area (Å²) in [6, 6.07) is 4.29. The van der Waals surface area contributed by atoms with Crippen molar-refractivity contribution in [2.75, 3.05) is 25.6 Å². The molecule has 1 aromatic rings. The van der Waals surface area contributed by atoms with Gasteiger partial charge in [-0.25, -0.2) is 5.43 Å². The van der Waals surface area contributed by atoms with Crippen molar-refractivity contribution in [2.45, 2.75) is 6.04 Å². The second-order valence-corrected chi connectivity index (χ2v) is 4.19. The minimum absolute atomic E-state index is 0.0230. The first-order valence-electron chi connectivity index (χ1n) is 5.80. The number of hydrazine groups is 1. The monoisotopic (exact) mass is 264 g/mol. The van der Waals surface area contributed by atoms with Gasteiger partial charge < -0.3 is 15.4 Å². The molecular weight excluding hydrogens is 248 g/mol. The van der Waals surface area contributed by atoms with E-state index in [0.29, 0.717) is 17.0 Å². The van der Waals surface area contributed by atoms with E-state index in [1.807, 2.05) is 0 Å². The average Bonchev–Trinajstić information content (AvgIpc) is 2.42. The van der Waals surface area contributed by atoms with Crippen LogP contribution >= 0.6 is 0 Å². The molecule has 0 fully saturated rings. The first kappa shape index (κ1) is 13.3. The van der Waals surface area contributed by atoms with E-state index in [1.54, 1.807) is 32.3 Å². The highest BCUT2D eigenvalue weighted by Crippen LogP contribution is 2.33. The number of anilines is 1. The van der Waals surface area contributed by atoms with Gasteiger partial charge in [0, 0.05) is 14.1 Å². The van der Waals surface area contributed by atoms with Crippen LogP contribution in [-0.4, -0.2) is 32.5 Å². The Hall–Kier alpha value is -2.12. The number of hydrogen-bond donors (Lipinski definition) is 3. The van der Waals surface area contributed by atoms with Gasteiger partial charge in [0.2, 0.25) is 0 Å². The van der Waals surface area contributed by atoms with Crippen LogP contribution in [-0.2, 0) is 9.59 Å². The molecule has 0 saturated heterocycles. The lowest BCUT2D eigenvalue weighted by atomic mass is 10.0. The van der Waals surface area contributed by atoms with Crippen molar-refractivity contribution in [2.24, 2.45) is 5.73 Å². The van der Waals surface area contributed by atoms with E-state index in [0.717, 1.165) is 0 Å². The molecule has 1 heterocycles. The number of rotatable bonds is 3. The van der Waals surface area contributed by atoms with Gasteiger partial charge in [0.15, 0.2) is 6.61 Å². The van der Waals surface area contributed by atoms with Gasteiger partial charge >= 0.3 is 0 Å². The molecule has 0 saturated carbocycles. The summed E-state index contributed by atoms with van der Waals surface area (Å²) in [6.45, 7) is 0.0230. The number of nitrogens with two attached hydrogens (primary N) is 1. The Morgan fingerprint density at radius 2 is 2.26 bits per heavy atom. The Kier molecular flexibility index (Phi) is 3.68. The molecule has 1 aromatic carbocycles. The largest absolute Gasteiger partial charge is 0.482 e. The highest BCUT2D eigenvalue weighted by molar-refractivity contribution is 5.97. The Balaban J connectivity index is 2.30. The predicted octanol–water partition coefficient (Wildman–Crippen LogP) is -0.708. The van der Waals surface area contributed by atoms with Crippen LogP contribution in [0.1, 0.15) is 11.6 Å². The summed E-state index contributed by atoms with van der Waals surface area (Å²) in [5, 5.41) is 0. The van der Waals surface area contributed by atoms with E-state index < -0.39 is 6.04 Å².